The predicted molar refractivity (Wildman–Crippen MR) is 73.9 cm³/mol. The Morgan fingerprint density at radius 3 is 2.58 bits per heavy atom. The second kappa shape index (κ2) is 4.83. The Morgan fingerprint density at radius 1 is 1.42 bits per heavy atom. The normalized spacial score (nSPS) is 20.1. The van der Waals surface area contributed by atoms with Crippen molar-refractivity contribution in [2.45, 2.75) is 27.2 Å². The van der Waals surface area contributed by atoms with E-state index in [1.165, 1.54) is 0 Å². The van der Waals surface area contributed by atoms with Crippen LogP contribution in [0.5, 0.6) is 0 Å². The van der Waals surface area contributed by atoms with Gasteiger partial charge < -0.3 is 9.47 Å². The summed E-state index contributed by atoms with van der Waals surface area (Å²) in [5.41, 5.74) is 0.769. The lowest BCUT2D eigenvalue weighted by molar-refractivity contribution is -0.127. The molecule has 0 bridgehead atoms. The number of carbonyl (C=O) groups excluding carboxylic acids is 2. The number of hydrogen-bond donors (Lipinski definition) is 0. The molecule has 19 heavy (non-hydrogen) atoms. The maximum atomic E-state index is 12.2. The van der Waals surface area contributed by atoms with Gasteiger partial charge in [-0.2, -0.15) is 0 Å². The fraction of sp³-hybridized carbons (Fsp3) is 0.600. The molecule has 1 aromatic heterocycles. The van der Waals surface area contributed by atoms with Gasteiger partial charge in [0.25, 0.3) is 0 Å². The number of amides is 1. The second-order valence-electron chi connectivity index (χ2n) is 6.47. The van der Waals surface area contributed by atoms with E-state index in [4.69, 9.17) is 0 Å². The van der Waals surface area contributed by atoms with Crippen LogP contribution in [0, 0.1) is 11.3 Å². The molecule has 1 aliphatic heterocycles. The summed E-state index contributed by atoms with van der Waals surface area (Å²) in [6.07, 6.45) is 2.40. The highest BCUT2D eigenvalue weighted by molar-refractivity contribution is 5.98. The predicted octanol–water partition coefficient (Wildman–Crippen LogP) is 2.10. The highest BCUT2D eigenvalue weighted by Gasteiger charge is 2.37. The van der Waals surface area contributed by atoms with Gasteiger partial charge in [-0.05, 0) is 23.5 Å². The molecule has 1 saturated heterocycles. The zero-order valence-corrected chi connectivity index (χ0v) is 12.1. The standard InChI is InChI=1S/C15H22N2O2/c1-15(2,3)11-8-14(19)17(9-11)10-13(18)12-6-5-7-16(12)4/h5-7,11H,8-10H2,1-4H3. The Bertz CT molecular complexity index is 496. The van der Waals surface area contributed by atoms with Gasteiger partial charge in [-0.3, -0.25) is 9.59 Å². The number of hydrogen-bond acceptors (Lipinski definition) is 2. The van der Waals surface area contributed by atoms with Crippen LogP contribution in [0.25, 0.3) is 0 Å². The van der Waals surface area contributed by atoms with Crippen LogP contribution in [0.3, 0.4) is 0 Å². The van der Waals surface area contributed by atoms with Crippen molar-refractivity contribution in [1.82, 2.24) is 9.47 Å². The summed E-state index contributed by atoms with van der Waals surface area (Å²) in [5, 5.41) is 0. The molecule has 2 rings (SSSR count). The maximum Gasteiger partial charge on any atom is 0.223 e. The minimum Gasteiger partial charge on any atom is -0.348 e. The van der Waals surface area contributed by atoms with Gasteiger partial charge in [-0.25, -0.2) is 0 Å². The van der Waals surface area contributed by atoms with Crippen LogP contribution in [0.4, 0.5) is 0 Å². The van der Waals surface area contributed by atoms with Crippen LogP contribution in [-0.2, 0) is 11.8 Å². The van der Waals surface area contributed by atoms with Crippen molar-refractivity contribution in [1.29, 1.82) is 0 Å². The summed E-state index contributed by atoms with van der Waals surface area (Å²) in [5.74, 6) is 0.444. The van der Waals surface area contributed by atoms with Crippen LogP contribution < -0.4 is 0 Å². The average Bonchev–Trinajstić information content (AvgIpc) is 2.85. The first-order valence-electron chi connectivity index (χ1n) is 6.71. The summed E-state index contributed by atoms with van der Waals surface area (Å²) in [6, 6.07) is 3.64. The van der Waals surface area contributed by atoms with Gasteiger partial charge in [0.2, 0.25) is 5.91 Å². The average molecular weight is 262 g/mol. The zero-order chi connectivity index (χ0) is 14.2. The Hall–Kier alpha value is -1.58. The smallest absolute Gasteiger partial charge is 0.223 e. The van der Waals surface area contributed by atoms with Crippen LogP contribution in [-0.4, -0.2) is 34.2 Å². The van der Waals surface area contributed by atoms with E-state index in [9.17, 15) is 9.59 Å². The van der Waals surface area contributed by atoms with E-state index in [0.717, 1.165) is 0 Å². The van der Waals surface area contributed by atoms with Crippen molar-refractivity contribution >= 4 is 11.7 Å². The van der Waals surface area contributed by atoms with Crippen molar-refractivity contribution in [3.05, 3.63) is 24.0 Å². The van der Waals surface area contributed by atoms with Gasteiger partial charge in [0.1, 0.15) is 0 Å². The number of nitrogens with zero attached hydrogens (tertiary/aromatic N) is 2. The molecule has 2 heterocycles. The van der Waals surface area contributed by atoms with Crippen molar-refractivity contribution in [2.24, 2.45) is 18.4 Å². The van der Waals surface area contributed by atoms with E-state index in [1.54, 1.807) is 15.5 Å². The van der Waals surface area contributed by atoms with E-state index in [-0.39, 0.29) is 23.7 Å². The van der Waals surface area contributed by atoms with Crippen LogP contribution in [0.1, 0.15) is 37.7 Å². The number of aromatic nitrogens is 1. The van der Waals surface area contributed by atoms with E-state index < -0.39 is 0 Å². The molecule has 1 unspecified atom stereocenters. The van der Waals surface area contributed by atoms with Crippen LogP contribution >= 0.6 is 0 Å². The van der Waals surface area contributed by atoms with Gasteiger partial charge in [-0.15, -0.1) is 0 Å². The molecule has 0 spiro atoms. The Labute approximate surface area is 114 Å². The molecule has 1 amide bonds. The number of Topliss-reactive ketones (excluding diaryl/α,β-unsaturated/α-hetero) is 1. The van der Waals surface area contributed by atoms with Crippen LogP contribution in [0.15, 0.2) is 18.3 Å². The first kappa shape index (κ1) is 13.8. The Morgan fingerprint density at radius 2 is 2.11 bits per heavy atom. The SMILES string of the molecule is Cn1cccc1C(=O)CN1CC(C(C)(C)C)CC1=O. The fourth-order valence-corrected chi connectivity index (χ4v) is 2.51. The summed E-state index contributed by atoms with van der Waals surface area (Å²) in [4.78, 5) is 25.9. The molecule has 0 saturated carbocycles. The molecule has 4 heteroatoms. The lowest BCUT2D eigenvalue weighted by atomic mass is 9.80. The third-order valence-corrected chi connectivity index (χ3v) is 4.00. The first-order chi connectivity index (χ1) is 8.79. The Kier molecular flexibility index (Phi) is 3.52. The highest BCUT2D eigenvalue weighted by Crippen LogP contribution is 2.34. The van der Waals surface area contributed by atoms with E-state index >= 15 is 0 Å². The van der Waals surface area contributed by atoms with Crippen molar-refractivity contribution < 1.29 is 9.59 Å². The largest absolute Gasteiger partial charge is 0.348 e. The summed E-state index contributed by atoms with van der Waals surface area (Å²) >= 11 is 0. The second-order valence-corrected chi connectivity index (χ2v) is 6.47. The molecule has 0 radical (unpaired) electrons. The molecule has 1 atom stereocenters. The topological polar surface area (TPSA) is 42.3 Å². The number of aryl methyl sites for hydroxylation is 1. The molecule has 104 valence electrons. The van der Waals surface area contributed by atoms with Crippen molar-refractivity contribution in [2.75, 3.05) is 13.1 Å². The van der Waals surface area contributed by atoms with Crippen molar-refractivity contribution in [3.63, 3.8) is 0 Å². The lowest BCUT2D eigenvalue weighted by Crippen LogP contribution is -2.33. The zero-order valence-electron chi connectivity index (χ0n) is 12.1. The molecule has 1 aromatic rings. The minimum atomic E-state index is 0.00964. The molecular weight excluding hydrogens is 240 g/mol. The molecule has 0 N–H and O–H groups in total. The molecule has 0 aromatic carbocycles. The number of ketones is 1. The molecule has 4 nitrogen and oxygen atoms in total. The van der Waals surface area contributed by atoms with Gasteiger partial charge in [0.05, 0.1) is 12.2 Å². The highest BCUT2D eigenvalue weighted by atomic mass is 16.2. The number of carbonyl (C=O) groups is 2. The van der Waals surface area contributed by atoms with E-state index in [2.05, 4.69) is 20.8 Å². The van der Waals surface area contributed by atoms with E-state index in [0.29, 0.717) is 24.6 Å². The first-order valence-corrected chi connectivity index (χ1v) is 6.71. The van der Waals surface area contributed by atoms with Crippen molar-refractivity contribution in [3.8, 4) is 0 Å². The fourth-order valence-electron chi connectivity index (χ4n) is 2.51. The quantitative estimate of drug-likeness (QED) is 0.783. The summed E-state index contributed by atoms with van der Waals surface area (Å²) in [7, 11) is 1.84. The molecular formula is C15H22N2O2. The van der Waals surface area contributed by atoms with E-state index in [1.807, 2.05) is 19.3 Å². The van der Waals surface area contributed by atoms with Crippen LogP contribution in [0.2, 0.25) is 0 Å². The molecule has 1 aliphatic rings. The maximum absolute atomic E-state index is 12.2. The van der Waals surface area contributed by atoms with Gasteiger partial charge in [0, 0.05) is 26.2 Å². The minimum absolute atomic E-state index is 0.00964. The third kappa shape index (κ3) is 2.88. The summed E-state index contributed by atoms with van der Waals surface area (Å²) in [6.45, 7) is 7.33. The van der Waals surface area contributed by atoms with Gasteiger partial charge >= 0.3 is 0 Å². The monoisotopic (exact) mass is 262 g/mol. The van der Waals surface area contributed by atoms with Gasteiger partial charge in [0.15, 0.2) is 5.78 Å². The van der Waals surface area contributed by atoms with Gasteiger partial charge in [-0.1, -0.05) is 20.8 Å². The molecule has 1 fully saturated rings. The number of likely N-dealkylation sites (tertiary alicyclic amines) is 1. The Balaban J connectivity index is 2.03. The molecule has 0 aliphatic carbocycles. The number of rotatable bonds is 3. The third-order valence-electron chi connectivity index (χ3n) is 4.00. The lowest BCUT2D eigenvalue weighted by Gasteiger charge is -2.26. The summed E-state index contributed by atoms with van der Waals surface area (Å²) < 4.78 is 1.80.